The Hall–Kier alpha value is -3.17. The Labute approximate surface area is 174 Å². The fraction of sp³-hybridized carbons (Fsp3) is 0.238. The number of benzene rings is 2. The third-order valence-electron chi connectivity index (χ3n) is 4.76. The molecule has 1 atom stereocenters. The molecule has 0 fully saturated rings. The normalized spacial score (nSPS) is 12.5. The summed E-state index contributed by atoms with van der Waals surface area (Å²) in [6, 6.07) is 13.2. The van der Waals surface area contributed by atoms with Crippen LogP contribution in [0.15, 0.2) is 59.6 Å². The third kappa shape index (κ3) is 5.46. The van der Waals surface area contributed by atoms with Gasteiger partial charge in [0.25, 0.3) is 0 Å². The lowest BCUT2D eigenvalue weighted by atomic mass is 10.0. The van der Waals surface area contributed by atoms with Crippen molar-refractivity contribution in [1.82, 2.24) is 15.6 Å². The Morgan fingerprint density at radius 1 is 1.10 bits per heavy atom. The molecule has 3 rings (SSSR count). The fourth-order valence-electron chi connectivity index (χ4n) is 3.27. The number of carbonyl (C=O) groups is 2. The van der Waals surface area contributed by atoms with Crippen LogP contribution in [0.3, 0.4) is 0 Å². The highest BCUT2D eigenvalue weighted by Gasteiger charge is 2.21. The summed E-state index contributed by atoms with van der Waals surface area (Å²) in [4.78, 5) is 27.5. The summed E-state index contributed by atoms with van der Waals surface area (Å²) in [7, 11) is -3.73. The third-order valence-corrected chi connectivity index (χ3v) is 5.69. The summed E-state index contributed by atoms with van der Waals surface area (Å²) < 4.78 is 22.6. The maximum absolute atomic E-state index is 12.7. The molecule has 1 aromatic heterocycles. The number of nitrogens with one attached hydrogen (secondary N) is 3. The number of amides is 2. The molecule has 2 amide bonds. The van der Waals surface area contributed by atoms with Crippen molar-refractivity contribution in [1.29, 1.82) is 0 Å². The van der Waals surface area contributed by atoms with Gasteiger partial charge in [0.2, 0.25) is 21.8 Å². The van der Waals surface area contributed by atoms with Gasteiger partial charge in [-0.1, -0.05) is 30.3 Å². The van der Waals surface area contributed by atoms with Gasteiger partial charge >= 0.3 is 0 Å². The molecule has 1 unspecified atom stereocenters. The van der Waals surface area contributed by atoms with Crippen LogP contribution in [0.2, 0.25) is 0 Å². The number of rotatable bonds is 8. The zero-order valence-electron chi connectivity index (χ0n) is 16.5. The van der Waals surface area contributed by atoms with Crippen LogP contribution >= 0.6 is 0 Å². The highest BCUT2D eigenvalue weighted by molar-refractivity contribution is 7.89. The molecular weight excluding hydrogens is 404 g/mol. The molecule has 0 saturated heterocycles. The molecule has 0 aliphatic heterocycles. The molecule has 2 aromatic carbocycles. The summed E-state index contributed by atoms with van der Waals surface area (Å²) in [5.74, 6) is -0.565. The Kier molecular flexibility index (Phi) is 6.53. The lowest BCUT2D eigenvalue weighted by Gasteiger charge is -2.17. The second-order valence-corrected chi connectivity index (χ2v) is 8.61. The average Bonchev–Trinajstić information content (AvgIpc) is 3.10. The number of hydrogen-bond donors (Lipinski definition) is 4. The second-order valence-electron chi connectivity index (χ2n) is 7.05. The SMILES string of the molecule is CC(=O)NC(Cc1c[nH]c2ccccc12)C(=O)NCCc1ccc(S(N)(=O)=O)cc1. The molecule has 9 heteroatoms. The largest absolute Gasteiger partial charge is 0.361 e. The molecule has 8 nitrogen and oxygen atoms in total. The Morgan fingerprint density at radius 3 is 2.47 bits per heavy atom. The molecule has 3 aromatic rings. The summed E-state index contributed by atoms with van der Waals surface area (Å²) in [6.07, 6.45) is 2.72. The predicted octanol–water partition coefficient (Wildman–Crippen LogP) is 1.22. The van der Waals surface area contributed by atoms with Gasteiger partial charge < -0.3 is 15.6 Å². The number of aromatic nitrogens is 1. The molecule has 0 bridgehead atoms. The molecule has 1 heterocycles. The van der Waals surface area contributed by atoms with E-state index in [-0.39, 0.29) is 16.7 Å². The van der Waals surface area contributed by atoms with Crippen molar-refractivity contribution < 1.29 is 18.0 Å². The summed E-state index contributed by atoms with van der Waals surface area (Å²) >= 11 is 0. The topological polar surface area (TPSA) is 134 Å². The fourth-order valence-corrected chi connectivity index (χ4v) is 3.79. The standard InChI is InChI=1S/C21H24N4O4S/c1-14(26)25-20(12-16-13-24-19-5-3-2-4-18(16)19)21(27)23-11-10-15-6-8-17(9-7-15)30(22,28)29/h2-9,13,20,24H,10-12H2,1H3,(H,23,27)(H,25,26)(H2,22,28,29). The van der Waals surface area contributed by atoms with Gasteiger partial charge in [-0.25, -0.2) is 13.6 Å². The molecule has 0 saturated carbocycles. The van der Waals surface area contributed by atoms with Crippen molar-refractivity contribution in [2.45, 2.75) is 30.7 Å². The van der Waals surface area contributed by atoms with Crippen LogP contribution in [0.1, 0.15) is 18.1 Å². The zero-order chi connectivity index (χ0) is 21.7. The monoisotopic (exact) mass is 428 g/mol. The molecule has 30 heavy (non-hydrogen) atoms. The van der Waals surface area contributed by atoms with Crippen LogP contribution in [-0.4, -0.2) is 37.8 Å². The molecule has 0 aliphatic rings. The number of nitrogens with two attached hydrogens (primary N) is 1. The Bertz CT molecular complexity index is 1150. The van der Waals surface area contributed by atoms with Gasteiger partial charge in [0.1, 0.15) is 6.04 Å². The maximum Gasteiger partial charge on any atom is 0.242 e. The number of carbonyl (C=O) groups excluding carboxylic acids is 2. The number of H-pyrrole nitrogens is 1. The molecule has 0 spiro atoms. The van der Waals surface area contributed by atoms with Gasteiger partial charge in [0, 0.05) is 37.0 Å². The number of primary sulfonamides is 1. The first-order valence-electron chi connectivity index (χ1n) is 9.45. The minimum absolute atomic E-state index is 0.0414. The minimum Gasteiger partial charge on any atom is -0.361 e. The van der Waals surface area contributed by atoms with Crippen molar-refractivity contribution >= 4 is 32.7 Å². The average molecular weight is 429 g/mol. The van der Waals surface area contributed by atoms with Crippen molar-refractivity contribution in [3.8, 4) is 0 Å². The summed E-state index contributed by atoms with van der Waals surface area (Å²) in [5.41, 5.74) is 2.77. The Morgan fingerprint density at radius 2 is 1.80 bits per heavy atom. The number of para-hydroxylation sites is 1. The van der Waals surface area contributed by atoms with E-state index in [4.69, 9.17) is 5.14 Å². The van der Waals surface area contributed by atoms with E-state index in [9.17, 15) is 18.0 Å². The van der Waals surface area contributed by atoms with Gasteiger partial charge in [-0.05, 0) is 35.7 Å². The lowest BCUT2D eigenvalue weighted by Crippen LogP contribution is -2.47. The Balaban J connectivity index is 1.62. The zero-order valence-corrected chi connectivity index (χ0v) is 17.3. The van der Waals surface area contributed by atoms with E-state index in [1.54, 1.807) is 12.1 Å². The summed E-state index contributed by atoms with van der Waals surface area (Å²) in [5, 5.41) is 11.6. The molecule has 5 N–H and O–H groups in total. The first-order valence-corrected chi connectivity index (χ1v) is 11.0. The quantitative estimate of drug-likeness (QED) is 0.429. The molecular formula is C21H24N4O4S. The van der Waals surface area contributed by atoms with Crippen LogP contribution in [0, 0.1) is 0 Å². The highest BCUT2D eigenvalue weighted by atomic mass is 32.2. The number of aromatic amines is 1. The van der Waals surface area contributed by atoms with E-state index in [0.29, 0.717) is 19.4 Å². The number of sulfonamides is 1. The maximum atomic E-state index is 12.7. The minimum atomic E-state index is -3.73. The van der Waals surface area contributed by atoms with E-state index in [1.807, 2.05) is 30.5 Å². The van der Waals surface area contributed by atoms with Crippen molar-refractivity contribution in [2.75, 3.05) is 6.54 Å². The van der Waals surface area contributed by atoms with Gasteiger partial charge in [0.05, 0.1) is 4.90 Å². The number of fused-ring (bicyclic) bond motifs is 1. The summed E-state index contributed by atoms with van der Waals surface area (Å²) in [6.45, 7) is 1.72. The highest BCUT2D eigenvalue weighted by Crippen LogP contribution is 2.19. The first-order chi connectivity index (χ1) is 14.2. The van der Waals surface area contributed by atoms with Crippen LogP contribution in [0.25, 0.3) is 10.9 Å². The van der Waals surface area contributed by atoms with Crippen LogP contribution < -0.4 is 15.8 Å². The van der Waals surface area contributed by atoms with Crippen LogP contribution in [0.5, 0.6) is 0 Å². The number of hydrogen-bond acceptors (Lipinski definition) is 4. The van der Waals surface area contributed by atoms with Crippen LogP contribution in [-0.2, 0) is 32.5 Å². The first kappa shape index (κ1) is 21.5. The molecule has 0 aliphatic carbocycles. The van der Waals surface area contributed by atoms with Crippen LogP contribution in [0.4, 0.5) is 0 Å². The van der Waals surface area contributed by atoms with E-state index < -0.39 is 16.1 Å². The van der Waals surface area contributed by atoms with Crippen molar-refractivity contribution in [3.05, 3.63) is 65.9 Å². The van der Waals surface area contributed by atoms with Gasteiger partial charge in [-0.3, -0.25) is 9.59 Å². The van der Waals surface area contributed by atoms with Gasteiger partial charge in [-0.2, -0.15) is 0 Å². The lowest BCUT2D eigenvalue weighted by molar-refractivity contribution is -0.128. The van der Waals surface area contributed by atoms with E-state index >= 15 is 0 Å². The molecule has 158 valence electrons. The van der Waals surface area contributed by atoms with Crippen molar-refractivity contribution in [3.63, 3.8) is 0 Å². The van der Waals surface area contributed by atoms with Gasteiger partial charge in [-0.15, -0.1) is 0 Å². The van der Waals surface area contributed by atoms with E-state index in [0.717, 1.165) is 22.0 Å². The van der Waals surface area contributed by atoms with E-state index in [2.05, 4.69) is 15.6 Å². The second kappa shape index (κ2) is 9.10. The van der Waals surface area contributed by atoms with Gasteiger partial charge in [0.15, 0.2) is 0 Å². The smallest absolute Gasteiger partial charge is 0.242 e. The molecule has 0 radical (unpaired) electrons. The van der Waals surface area contributed by atoms with Crippen molar-refractivity contribution in [2.24, 2.45) is 5.14 Å². The van der Waals surface area contributed by atoms with E-state index in [1.165, 1.54) is 19.1 Å². The predicted molar refractivity (Wildman–Crippen MR) is 114 cm³/mol.